The fraction of sp³-hybridized carbons (Fsp3) is 0.0250. The van der Waals surface area contributed by atoms with Crippen LogP contribution in [0.25, 0.3) is 60.8 Å². The molecule has 0 radical (unpaired) electrons. The Bertz CT molecular complexity index is 2500. The Hall–Kier alpha value is -4.98. The van der Waals surface area contributed by atoms with E-state index in [1.807, 2.05) is 28.8 Å². The maximum atomic E-state index is 13.6. The van der Waals surface area contributed by atoms with E-state index in [0.717, 1.165) is 61.4 Å². The van der Waals surface area contributed by atoms with Crippen LogP contribution in [0.1, 0.15) is 5.56 Å². The number of hydrogen-bond acceptors (Lipinski definition) is 3. The van der Waals surface area contributed by atoms with Gasteiger partial charge in [0.05, 0.1) is 16.6 Å². The summed E-state index contributed by atoms with van der Waals surface area (Å²) in [4.78, 5) is 10.2. The summed E-state index contributed by atoms with van der Waals surface area (Å²) >= 11 is 3.59. The Morgan fingerprint density at radius 2 is 1.02 bits per heavy atom. The summed E-state index contributed by atoms with van der Waals surface area (Å²) < 4.78 is 42.7. The van der Waals surface area contributed by atoms with Gasteiger partial charge in [-0.15, -0.1) is 0 Å². The molecule has 0 atom stereocenters. The third kappa shape index (κ3) is 4.72. The molecule has 8 aromatic rings. The highest BCUT2D eigenvalue weighted by atomic mass is 32.2. The number of hydrogen-bond donors (Lipinski definition) is 0. The lowest BCUT2D eigenvalue weighted by atomic mass is 10.00. The molecule has 0 saturated carbocycles. The van der Waals surface area contributed by atoms with Gasteiger partial charge in [0, 0.05) is 41.6 Å². The molecule has 2 heterocycles. The van der Waals surface area contributed by atoms with Crippen LogP contribution in [-0.4, -0.2) is 9.55 Å². The van der Waals surface area contributed by atoms with Crippen molar-refractivity contribution in [3.63, 3.8) is 0 Å². The van der Waals surface area contributed by atoms with Crippen LogP contribution in [0.2, 0.25) is 0 Å². The summed E-state index contributed by atoms with van der Waals surface area (Å²) in [6.45, 7) is 0. The Labute approximate surface area is 276 Å². The molecule has 0 bridgehead atoms. The molecule has 0 saturated heterocycles. The molecular weight excluding hydrogens is 630 g/mol. The van der Waals surface area contributed by atoms with Gasteiger partial charge in [-0.05, 0) is 70.4 Å². The van der Waals surface area contributed by atoms with Gasteiger partial charge >= 0.3 is 6.18 Å². The second-order valence-corrected chi connectivity index (χ2v) is 13.7. The lowest BCUT2D eigenvalue weighted by Crippen LogP contribution is -2.05. The van der Waals surface area contributed by atoms with E-state index < -0.39 is 11.7 Å². The Morgan fingerprint density at radius 1 is 0.489 bits per heavy atom. The van der Waals surface area contributed by atoms with Gasteiger partial charge < -0.3 is 0 Å². The summed E-state index contributed by atoms with van der Waals surface area (Å²) in [5, 5.41) is 4.13. The lowest BCUT2D eigenvalue weighted by Gasteiger charge is -2.19. The van der Waals surface area contributed by atoms with Crippen LogP contribution in [0.4, 0.5) is 13.2 Å². The predicted molar refractivity (Wildman–Crippen MR) is 187 cm³/mol. The molecule has 2 nitrogen and oxygen atoms in total. The van der Waals surface area contributed by atoms with Crippen molar-refractivity contribution in [3.8, 4) is 28.2 Å². The molecule has 0 spiro atoms. The molecule has 1 aliphatic heterocycles. The van der Waals surface area contributed by atoms with Crippen molar-refractivity contribution < 1.29 is 13.2 Å². The van der Waals surface area contributed by atoms with Gasteiger partial charge in [0.2, 0.25) is 0 Å². The number of fused-ring (bicyclic) bond motifs is 8. The molecule has 7 heteroatoms. The highest BCUT2D eigenvalue weighted by Gasteiger charge is 2.30. The molecule has 0 aliphatic carbocycles. The molecule has 7 aromatic carbocycles. The quantitative estimate of drug-likeness (QED) is 0.177. The number of alkyl halides is 3. The average molecular weight is 653 g/mol. The van der Waals surface area contributed by atoms with Gasteiger partial charge in [0.25, 0.3) is 0 Å². The first-order valence-electron chi connectivity index (χ1n) is 15.1. The van der Waals surface area contributed by atoms with Crippen LogP contribution in [0, 0.1) is 0 Å². The summed E-state index contributed by atoms with van der Waals surface area (Å²) in [5.41, 5.74) is 4.67. The minimum atomic E-state index is -4.42. The summed E-state index contributed by atoms with van der Waals surface area (Å²) in [6, 6.07) is 45.0. The summed E-state index contributed by atoms with van der Waals surface area (Å²) in [5.74, 6) is 0.668. The average Bonchev–Trinajstić information content (AvgIpc) is 3.52. The topological polar surface area (TPSA) is 17.8 Å². The molecule has 1 aromatic heterocycles. The first-order chi connectivity index (χ1) is 22.9. The van der Waals surface area contributed by atoms with Gasteiger partial charge in [-0.1, -0.05) is 115 Å². The highest BCUT2D eigenvalue weighted by Crippen LogP contribution is 2.49. The Kier molecular flexibility index (Phi) is 6.49. The molecular formula is C40H23F3N2S2. The summed E-state index contributed by atoms with van der Waals surface area (Å²) in [7, 11) is 0. The zero-order chi connectivity index (χ0) is 31.7. The molecule has 226 valence electrons. The van der Waals surface area contributed by atoms with Gasteiger partial charge in [-0.2, -0.15) is 13.2 Å². The standard InChI is InChI=1S/C40H23F3N2S2/c41-40(42,43)27-18-20-28(21-19-27)45-38-32-10-4-2-8-30(32)29-7-1-3-9-31(29)37(38)44-39(45)25-15-13-24(14-16-25)26-17-22-35-36(23-26)47-34-12-6-5-11-33(34)46-35/h1-23H. The molecule has 1 aliphatic rings. The number of nitrogens with zero attached hydrogens (tertiary/aromatic N) is 2. The second-order valence-electron chi connectivity index (χ2n) is 11.5. The smallest absolute Gasteiger partial charge is 0.292 e. The number of aromatic nitrogens is 2. The zero-order valence-corrected chi connectivity index (χ0v) is 26.3. The molecule has 0 unspecified atom stereocenters. The first kappa shape index (κ1) is 28.3. The maximum absolute atomic E-state index is 13.6. The molecule has 47 heavy (non-hydrogen) atoms. The highest BCUT2D eigenvalue weighted by molar-refractivity contribution is 8.05. The maximum Gasteiger partial charge on any atom is 0.416 e. The van der Waals surface area contributed by atoms with Crippen LogP contribution < -0.4 is 0 Å². The third-order valence-corrected chi connectivity index (χ3v) is 11.2. The van der Waals surface area contributed by atoms with Crippen LogP contribution in [0.5, 0.6) is 0 Å². The molecule has 0 amide bonds. The van der Waals surface area contributed by atoms with Crippen molar-refractivity contribution in [3.05, 3.63) is 145 Å². The number of halogens is 3. The largest absolute Gasteiger partial charge is 0.416 e. The Morgan fingerprint density at radius 3 is 1.70 bits per heavy atom. The van der Waals surface area contributed by atoms with E-state index in [1.165, 1.54) is 31.7 Å². The van der Waals surface area contributed by atoms with Crippen molar-refractivity contribution in [2.45, 2.75) is 25.8 Å². The third-order valence-electron chi connectivity index (χ3n) is 8.69. The minimum absolute atomic E-state index is 0.615. The number of imidazole rings is 1. The number of benzene rings is 7. The zero-order valence-electron chi connectivity index (χ0n) is 24.6. The lowest BCUT2D eigenvalue weighted by molar-refractivity contribution is -0.137. The van der Waals surface area contributed by atoms with E-state index in [1.54, 1.807) is 23.5 Å². The van der Waals surface area contributed by atoms with E-state index in [2.05, 4.69) is 91.0 Å². The van der Waals surface area contributed by atoms with Crippen molar-refractivity contribution in [2.75, 3.05) is 0 Å². The van der Waals surface area contributed by atoms with Crippen LogP contribution in [0.15, 0.2) is 159 Å². The molecule has 0 N–H and O–H groups in total. The normalized spacial score (nSPS) is 12.8. The van der Waals surface area contributed by atoms with Crippen molar-refractivity contribution in [1.82, 2.24) is 9.55 Å². The van der Waals surface area contributed by atoms with Gasteiger partial charge in [0.1, 0.15) is 5.82 Å². The van der Waals surface area contributed by atoms with E-state index in [4.69, 9.17) is 4.98 Å². The SMILES string of the molecule is FC(F)(F)c1ccc(-n2c(-c3ccc(-c4ccc5c(c4)Sc4ccccc4S5)cc3)nc3c4ccccc4c4ccccc4c32)cc1. The van der Waals surface area contributed by atoms with Crippen LogP contribution in [-0.2, 0) is 6.18 Å². The van der Waals surface area contributed by atoms with Crippen molar-refractivity contribution in [2.24, 2.45) is 0 Å². The first-order valence-corrected chi connectivity index (χ1v) is 16.7. The van der Waals surface area contributed by atoms with Crippen LogP contribution >= 0.6 is 23.5 Å². The monoisotopic (exact) mass is 652 g/mol. The predicted octanol–water partition coefficient (Wildman–Crippen LogP) is 12.3. The van der Waals surface area contributed by atoms with Gasteiger partial charge in [-0.25, -0.2) is 4.98 Å². The van der Waals surface area contributed by atoms with E-state index in [-0.39, 0.29) is 0 Å². The fourth-order valence-corrected chi connectivity index (χ4v) is 8.72. The van der Waals surface area contributed by atoms with E-state index in [0.29, 0.717) is 11.5 Å². The van der Waals surface area contributed by atoms with Gasteiger partial charge in [0.15, 0.2) is 0 Å². The van der Waals surface area contributed by atoms with E-state index >= 15 is 0 Å². The van der Waals surface area contributed by atoms with E-state index in [9.17, 15) is 13.2 Å². The fourth-order valence-electron chi connectivity index (χ4n) is 6.47. The van der Waals surface area contributed by atoms with Crippen molar-refractivity contribution in [1.29, 1.82) is 0 Å². The molecule has 0 fully saturated rings. The minimum Gasteiger partial charge on any atom is -0.292 e. The summed E-state index contributed by atoms with van der Waals surface area (Å²) in [6.07, 6.45) is -4.42. The van der Waals surface area contributed by atoms with Crippen molar-refractivity contribution >= 4 is 56.1 Å². The Balaban J connectivity index is 1.21. The second kappa shape index (κ2) is 10.8. The number of rotatable bonds is 3. The van der Waals surface area contributed by atoms with Gasteiger partial charge in [-0.3, -0.25) is 4.57 Å². The molecule has 9 rings (SSSR count). The van der Waals surface area contributed by atoms with Crippen LogP contribution in [0.3, 0.4) is 0 Å².